The van der Waals surface area contributed by atoms with Crippen LogP contribution >= 0.6 is 0 Å². The summed E-state index contributed by atoms with van der Waals surface area (Å²) in [4.78, 5) is 22.3. The predicted octanol–water partition coefficient (Wildman–Crippen LogP) is 2.35. The zero-order valence-electron chi connectivity index (χ0n) is 17.8. The van der Waals surface area contributed by atoms with Gasteiger partial charge in [-0.25, -0.2) is 13.2 Å². The Morgan fingerprint density at radius 2 is 1.30 bits per heavy atom. The molecule has 0 saturated carbocycles. The summed E-state index contributed by atoms with van der Waals surface area (Å²) in [6, 6.07) is 7.18. The summed E-state index contributed by atoms with van der Waals surface area (Å²) in [5, 5.41) is 0. The summed E-state index contributed by atoms with van der Waals surface area (Å²) in [7, 11) is -3.93. The number of piperazine rings is 2. The molecule has 1 aromatic heterocycles. The molecule has 2 fully saturated rings. The lowest BCUT2D eigenvalue weighted by molar-refractivity contribution is -0.137. The minimum atomic E-state index is -4.53. The Balaban J connectivity index is 1.31. The van der Waals surface area contributed by atoms with Gasteiger partial charge in [-0.05, 0) is 36.4 Å². The van der Waals surface area contributed by atoms with Crippen LogP contribution in [0.15, 0.2) is 53.7 Å². The zero-order chi connectivity index (χ0) is 23.6. The number of halogens is 3. The van der Waals surface area contributed by atoms with Gasteiger partial charge in [0.1, 0.15) is 0 Å². The SMILES string of the molecule is O=C(N1CCN(c2ccncc2)CC1)N1CCN(S(=O)(=O)c2ccc(C(F)(F)F)cc2)CC1. The number of benzene rings is 1. The standard InChI is InChI=1S/C21H24F3N5O3S/c22-21(23,24)17-1-3-19(4-2-17)33(31,32)29-15-13-28(14-16-29)20(30)27-11-9-26(10-12-27)18-5-7-25-8-6-18/h1-8H,9-16H2. The van der Waals surface area contributed by atoms with Crippen LogP contribution < -0.4 is 4.90 Å². The fourth-order valence-electron chi connectivity index (χ4n) is 4.00. The van der Waals surface area contributed by atoms with E-state index in [9.17, 15) is 26.4 Å². The van der Waals surface area contributed by atoms with Gasteiger partial charge in [-0.3, -0.25) is 4.98 Å². The Labute approximate surface area is 190 Å². The number of hydrogen-bond acceptors (Lipinski definition) is 5. The average Bonchev–Trinajstić information content (AvgIpc) is 2.84. The summed E-state index contributed by atoms with van der Waals surface area (Å²) in [5.74, 6) is 0. The van der Waals surface area contributed by atoms with E-state index >= 15 is 0 Å². The van der Waals surface area contributed by atoms with Crippen LogP contribution in [0.5, 0.6) is 0 Å². The molecule has 12 heteroatoms. The molecular weight excluding hydrogens is 459 g/mol. The van der Waals surface area contributed by atoms with Gasteiger partial charge >= 0.3 is 12.2 Å². The first-order valence-electron chi connectivity index (χ1n) is 10.5. The second-order valence-electron chi connectivity index (χ2n) is 7.88. The highest BCUT2D eigenvalue weighted by Gasteiger charge is 2.34. The molecule has 0 N–H and O–H groups in total. The van der Waals surface area contributed by atoms with E-state index in [2.05, 4.69) is 9.88 Å². The number of aromatic nitrogens is 1. The van der Waals surface area contributed by atoms with Crippen LogP contribution in [0.4, 0.5) is 23.7 Å². The number of alkyl halides is 3. The van der Waals surface area contributed by atoms with Crippen LogP contribution in [-0.4, -0.2) is 85.9 Å². The molecule has 2 aromatic rings. The molecule has 2 aliphatic heterocycles. The zero-order valence-corrected chi connectivity index (χ0v) is 18.6. The number of sulfonamides is 1. The molecule has 0 aliphatic carbocycles. The van der Waals surface area contributed by atoms with Gasteiger partial charge in [-0.1, -0.05) is 0 Å². The second-order valence-corrected chi connectivity index (χ2v) is 9.81. The maximum Gasteiger partial charge on any atom is 0.416 e. The lowest BCUT2D eigenvalue weighted by Crippen LogP contribution is -2.57. The number of carbonyl (C=O) groups is 1. The van der Waals surface area contributed by atoms with Crippen LogP contribution in [0.25, 0.3) is 0 Å². The van der Waals surface area contributed by atoms with Gasteiger partial charge in [-0.2, -0.15) is 17.5 Å². The summed E-state index contributed by atoms with van der Waals surface area (Å²) >= 11 is 0. The number of pyridine rings is 1. The molecule has 0 bridgehead atoms. The van der Waals surface area contributed by atoms with Gasteiger partial charge in [0.25, 0.3) is 0 Å². The van der Waals surface area contributed by atoms with Crippen molar-refractivity contribution in [3.8, 4) is 0 Å². The molecule has 2 amide bonds. The minimum absolute atomic E-state index is 0.0894. The monoisotopic (exact) mass is 483 g/mol. The lowest BCUT2D eigenvalue weighted by Gasteiger charge is -2.40. The highest BCUT2D eigenvalue weighted by atomic mass is 32.2. The molecule has 0 radical (unpaired) electrons. The second kappa shape index (κ2) is 9.18. The fraction of sp³-hybridized carbons (Fsp3) is 0.429. The number of hydrogen-bond donors (Lipinski definition) is 0. The van der Waals surface area contributed by atoms with Crippen LogP contribution in [0.1, 0.15) is 5.56 Å². The van der Waals surface area contributed by atoms with Crippen molar-refractivity contribution in [1.29, 1.82) is 0 Å². The highest BCUT2D eigenvalue weighted by molar-refractivity contribution is 7.89. The first-order chi connectivity index (χ1) is 15.7. The minimum Gasteiger partial charge on any atom is -0.368 e. The lowest BCUT2D eigenvalue weighted by atomic mass is 10.2. The van der Waals surface area contributed by atoms with Crippen LogP contribution in [0, 0.1) is 0 Å². The van der Waals surface area contributed by atoms with Crippen molar-refractivity contribution < 1.29 is 26.4 Å². The molecule has 0 unspecified atom stereocenters. The number of rotatable bonds is 3. The highest BCUT2D eigenvalue weighted by Crippen LogP contribution is 2.30. The first kappa shape index (κ1) is 23.3. The Hall–Kier alpha value is -2.86. The maximum absolute atomic E-state index is 12.9. The third-order valence-electron chi connectivity index (χ3n) is 5.91. The maximum atomic E-state index is 12.9. The fourth-order valence-corrected chi connectivity index (χ4v) is 5.42. The molecule has 2 saturated heterocycles. The average molecular weight is 484 g/mol. The Morgan fingerprint density at radius 3 is 1.82 bits per heavy atom. The summed E-state index contributed by atoms with van der Waals surface area (Å²) in [5.41, 5.74) is 0.153. The third-order valence-corrected chi connectivity index (χ3v) is 7.82. The van der Waals surface area contributed by atoms with E-state index < -0.39 is 21.8 Å². The van der Waals surface area contributed by atoms with Crippen molar-refractivity contribution in [2.75, 3.05) is 57.3 Å². The van der Waals surface area contributed by atoms with E-state index in [0.717, 1.165) is 30.0 Å². The van der Waals surface area contributed by atoms with Crippen LogP contribution in [0.3, 0.4) is 0 Å². The molecule has 2 aliphatic rings. The molecule has 178 valence electrons. The predicted molar refractivity (Wildman–Crippen MR) is 115 cm³/mol. The number of urea groups is 1. The van der Waals surface area contributed by atoms with Gasteiger partial charge in [-0.15, -0.1) is 0 Å². The number of nitrogens with zero attached hydrogens (tertiary/aromatic N) is 5. The van der Waals surface area contributed by atoms with Crippen LogP contribution in [-0.2, 0) is 16.2 Å². The molecule has 4 rings (SSSR count). The van der Waals surface area contributed by atoms with Crippen molar-refractivity contribution in [1.82, 2.24) is 19.1 Å². The van der Waals surface area contributed by atoms with Crippen molar-refractivity contribution in [3.05, 3.63) is 54.4 Å². The molecule has 0 atom stereocenters. The van der Waals surface area contributed by atoms with Crippen LogP contribution in [0.2, 0.25) is 0 Å². The summed E-state index contributed by atoms with van der Waals surface area (Å²) in [6.07, 6.45) is -1.08. The molecule has 1 aromatic carbocycles. The van der Waals surface area contributed by atoms with E-state index in [-0.39, 0.29) is 37.1 Å². The Bertz CT molecular complexity index is 1060. The van der Waals surface area contributed by atoms with Gasteiger partial charge in [0, 0.05) is 70.4 Å². The van der Waals surface area contributed by atoms with Crippen molar-refractivity contribution in [2.24, 2.45) is 0 Å². The van der Waals surface area contributed by atoms with Crippen molar-refractivity contribution in [2.45, 2.75) is 11.1 Å². The van der Waals surface area contributed by atoms with Crippen molar-refractivity contribution >= 4 is 21.7 Å². The molecule has 0 spiro atoms. The quantitative estimate of drug-likeness (QED) is 0.670. The molecular formula is C21H24F3N5O3S. The van der Waals surface area contributed by atoms with Crippen molar-refractivity contribution in [3.63, 3.8) is 0 Å². The Morgan fingerprint density at radius 1 is 0.788 bits per heavy atom. The van der Waals surface area contributed by atoms with E-state index in [1.807, 2.05) is 12.1 Å². The molecule has 33 heavy (non-hydrogen) atoms. The first-order valence-corrected chi connectivity index (χ1v) is 12.0. The summed E-state index contributed by atoms with van der Waals surface area (Å²) < 4.78 is 65.1. The normalized spacial score (nSPS) is 18.5. The third kappa shape index (κ3) is 5.06. The van der Waals surface area contributed by atoms with Gasteiger partial charge < -0.3 is 14.7 Å². The van der Waals surface area contributed by atoms with Gasteiger partial charge in [0.05, 0.1) is 10.5 Å². The molecule has 8 nitrogen and oxygen atoms in total. The largest absolute Gasteiger partial charge is 0.416 e. The van der Waals surface area contributed by atoms with E-state index in [0.29, 0.717) is 26.2 Å². The number of anilines is 1. The number of carbonyl (C=O) groups excluding carboxylic acids is 1. The van der Waals surface area contributed by atoms with E-state index in [4.69, 9.17) is 0 Å². The van der Waals surface area contributed by atoms with Gasteiger partial charge in [0.15, 0.2) is 0 Å². The van der Waals surface area contributed by atoms with E-state index in [1.54, 1.807) is 22.2 Å². The smallest absolute Gasteiger partial charge is 0.368 e. The number of amides is 2. The summed E-state index contributed by atoms with van der Waals surface area (Å²) in [6.45, 7) is 3.14. The topological polar surface area (TPSA) is 77.1 Å². The molecule has 3 heterocycles. The van der Waals surface area contributed by atoms with Gasteiger partial charge in [0.2, 0.25) is 10.0 Å². The van der Waals surface area contributed by atoms with E-state index in [1.165, 1.54) is 4.31 Å². The Kier molecular flexibility index (Phi) is 6.48.